The molecule has 2 atom stereocenters. The number of carbonyl (C=O) groups excluding carboxylic acids is 1. The molecule has 0 aliphatic heterocycles. The molecule has 2 aromatic carbocycles. The first-order valence-electron chi connectivity index (χ1n) is 12.7. The molecule has 0 radical (unpaired) electrons. The van der Waals surface area contributed by atoms with Crippen molar-refractivity contribution in [1.82, 2.24) is 4.98 Å². The Bertz CT molecular complexity index is 1230. The van der Waals surface area contributed by atoms with Crippen molar-refractivity contribution in [3.63, 3.8) is 0 Å². The SMILES string of the molecule is Cc1sc(-c2ccccc2)nc1C(=O)C(N)c1cc(CC(OC(C)C)C(=O)O)ccc1OC1CCCC1. The number of hydrogen-bond donors (Lipinski definition) is 2. The largest absolute Gasteiger partial charge is 0.490 e. The smallest absolute Gasteiger partial charge is 0.333 e. The van der Waals surface area contributed by atoms with Gasteiger partial charge < -0.3 is 20.3 Å². The van der Waals surface area contributed by atoms with Gasteiger partial charge in [0.05, 0.1) is 18.2 Å². The Kier molecular flexibility index (Phi) is 8.74. The van der Waals surface area contributed by atoms with E-state index in [0.29, 0.717) is 22.6 Å². The van der Waals surface area contributed by atoms with Crippen molar-refractivity contribution in [2.24, 2.45) is 5.73 Å². The Balaban J connectivity index is 1.65. The van der Waals surface area contributed by atoms with Gasteiger partial charge in [0.2, 0.25) is 5.78 Å². The van der Waals surface area contributed by atoms with Gasteiger partial charge in [-0.2, -0.15) is 0 Å². The third kappa shape index (κ3) is 6.63. The van der Waals surface area contributed by atoms with E-state index in [0.717, 1.165) is 41.1 Å². The van der Waals surface area contributed by atoms with E-state index in [4.69, 9.17) is 15.2 Å². The lowest BCUT2D eigenvalue weighted by Gasteiger charge is -2.22. The summed E-state index contributed by atoms with van der Waals surface area (Å²) in [6.07, 6.45) is 3.12. The van der Waals surface area contributed by atoms with Gasteiger partial charge in [0.1, 0.15) is 16.5 Å². The molecule has 196 valence electrons. The van der Waals surface area contributed by atoms with Crippen molar-refractivity contribution in [2.75, 3.05) is 0 Å². The molecule has 1 fully saturated rings. The van der Waals surface area contributed by atoms with Gasteiger partial charge >= 0.3 is 5.97 Å². The van der Waals surface area contributed by atoms with E-state index in [1.807, 2.05) is 43.3 Å². The average molecular weight is 523 g/mol. The molecular formula is C29H34N2O5S. The molecule has 1 heterocycles. The number of aliphatic carboxylic acids is 1. The summed E-state index contributed by atoms with van der Waals surface area (Å²) < 4.78 is 11.9. The first-order chi connectivity index (χ1) is 17.7. The molecule has 1 saturated carbocycles. The van der Waals surface area contributed by atoms with Crippen LogP contribution in [-0.4, -0.2) is 40.2 Å². The number of nitrogens with two attached hydrogens (primary N) is 1. The number of carboxylic acids is 1. The summed E-state index contributed by atoms with van der Waals surface area (Å²) in [5.41, 5.74) is 9.13. The zero-order chi connectivity index (χ0) is 26.5. The van der Waals surface area contributed by atoms with Gasteiger partial charge in [0, 0.05) is 22.4 Å². The standard InChI is InChI=1S/C29H34N2O5S/c1-17(2)35-24(29(33)34)16-19-13-14-23(36-21-11-7-8-12-21)22(15-19)25(30)27(32)26-18(3)37-28(31-26)20-9-5-4-6-10-20/h4-6,9-10,13-15,17,21,24-25H,7-8,11-12,16,30H2,1-3H3,(H,33,34). The van der Waals surface area contributed by atoms with Crippen LogP contribution in [0.3, 0.4) is 0 Å². The molecule has 0 bridgehead atoms. The summed E-state index contributed by atoms with van der Waals surface area (Å²) in [5, 5.41) is 10.4. The fourth-order valence-electron chi connectivity index (χ4n) is 4.62. The quantitative estimate of drug-likeness (QED) is 0.309. The van der Waals surface area contributed by atoms with E-state index in [-0.39, 0.29) is 24.4 Å². The Morgan fingerprint density at radius 3 is 2.49 bits per heavy atom. The van der Waals surface area contributed by atoms with E-state index >= 15 is 0 Å². The monoisotopic (exact) mass is 522 g/mol. The van der Waals surface area contributed by atoms with Crippen LogP contribution in [0.25, 0.3) is 10.6 Å². The van der Waals surface area contributed by atoms with Crippen LogP contribution < -0.4 is 10.5 Å². The highest BCUT2D eigenvalue weighted by atomic mass is 32.1. The molecule has 1 aliphatic rings. The number of carbonyl (C=O) groups is 2. The lowest BCUT2D eigenvalue weighted by Crippen LogP contribution is -2.29. The first kappa shape index (κ1) is 27.0. The number of nitrogens with zero attached hydrogens (tertiary/aromatic N) is 1. The Labute approximate surface area is 221 Å². The Morgan fingerprint density at radius 1 is 1.14 bits per heavy atom. The van der Waals surface area contributed by atoms with E-state index < -0.39 is 18.1 Å². The maximum atomic E-state index is 13.6. The third-order valence-corrected chi connectivity index (χ3v) is 7.49. The molecule has 0 saturated heterocycles. The van der Waals surface area contributed by atoms with Crippen LogP contribution in [0.1, 0.15) is 72.1 Å². The number of benzene rings is 2. The van der Waals surface area contributed by atoms with E-state index in [1.165, 1.54) is 11.3 Å². The third-order valence-electron chi connectivity index (χ3n) is 6.47. The van der Waals surface area contributed by atoms with Crippen LogP contribution in [0, 0.1) is 6.92 Å². The van der Waals surface area contributed by atoms with E-state index in [9.17, 15) is 14.7 Å². The maximum Gasteiger partial charge on any atom is 0.333 e. The van der Waals surface area contributed by atoms with Crippen molar-refractivity contribution in [2.45, 2.75) is 77.2 Å². The van der Waals surface area contributed by atoms with Crippen LogP contribution in [0.2, 0.25) is 0 Å². The summed E-state index contributed by atoms with van der Waals surface area (Å²) >= 11 is 1.46. The van der Waals surface area contributed by atoms with Crippen LogP contribution in [0.15, 0.2) is 48.5 Å². The molecule has 37 heavy (non-hydrogen) atoms. The van der Waals surface area contributed by atoms with Crippen molar-refractivity contribution in [3.8, 4) is 16.3 Å². The Hall–Kier alpha value is -3.07. The number of aromatic nitrogens is 1. The lowest BCUT2D eigenvalue weighted by atomic mass is 9.96. The molecule has 4 rings (SSSR count). The lowest BCUT2D eigenvalue weighted by molar-refractivity contribution is -0.153. The highest BCUT2D eigenvalue weighted by Gasteiger charge is 2.29. The number of rotatable bonds is 11. The minimum atomic E-state index is -1.03. The first-order valence-corrected chi connectivity index (χ1v) is 13.5. The average Bonchev–Trinajstić information content (AvgIpc) is 3.53. The molecule has 3 aromatic rings. The van der Waals surface area contributed by atoms with Crippen molar-refractivity contribution >= 4 is 23.1 Å². The summed E-state index contributed by atoms with van der Waals surface area (Å²) in [4.78, 5) is 30.8. The number of Topliss-reactive ketones (excluding diaryl/α,β-unsaturated/α-hetero) is 1. The van der Waals surface area contributed by atoms with Crippen LogP contribution >= 0.6 is 11.3 Å². The fraction of sp³-hybridized carbons (Fsp3) is 0.414. The molecule has 1 aromatic heterocycles. The fourth-order valence-corrected chi connectivity index (χ4v) is 5.54. The van der Waals surface area contributed by atoms with Crippen LogP contribution in [0.4, 0.5) is 0 Å². The summed E-state index contributed by atoms with van der Waals surface area (Å²) in [6, 6.07) is 14.1. The van der Waals surface area contributed by atoms with Gasteiger partial charge in [0.25, 0.3) is 0 Å². The van der Waals surface area contributed by atoms with Gasteiger partial charge in [-0.1, -0.05) is 36.4 Å². The molecule has 3 N–H and O–H groups in total. The summed E-state index contributed by atoms with van der Waals surface area (Å²) in [6.45, 7) is 5.47. The van der Waals surface area contributed by atoms with Gasteiger partial charge in [-0.25, -0.2) is 9.78 Å². The highest BCUT2D eigenvalue weighted by Crippen LogP contribution is 2.34. The second-order valence-corrected chi connectivity index (χ2v) is 10.9. The van der Waals surface area contributed by atoms with Crippen LogP contribution in [0.5, 0.6) is 5.75 Å². The molecule has 0 amide bonds. The zero-order valence-electron chi connectivity index (χ0n) is 21.5. The predicted octanol–water partition coefficient (Wildman–Crippen LogP) is 5.74. The summed E-state index contributed by atoms with van der Waals surface area (Å²) in [5.74, 6) is -0.768. The number of hydrogen-bond acceptors (Lipinski definition) is 7. The molecular weight excluding hydrogens is 488 g/mol. The Morgan fingerprint density at radius 2 is 1.84 bits per heavy atom. The predicted molar refractivity (Wildman–Crippen MR) is 144 cm³/mol. The zero-order valence-corrected chi connectivity index (χ0v) is 22.3. The topological polar surface area (TPSA) is 112 Å². The summed E-state index contributed by atoms with van der Waals surface area (Å²) in [7, 11) is 0. The number of ether oxygens (including phenoxy) is 2. The molecule has 7 nitrogen and oxygen atoms in total. The van der Waals surface area contributed by atoms with Crippen molar-refractivity contribution in [1.29, 1.82) is 0 Å². The van der Waals surface area contributed by atoms with E-state index in [1.54, 1.807) is 26.0 Å². The van der Waals surface area contributed by atoms with E-state index in [2.05, 4.69) is 4.98 Å². The highest BCUT2D eigenvalue weighted by molar-refractivity contribution is 7.15. The normalized spacial score (nSPS) is 15.6. The minimum Gasteiger partial charge on any atom is -0.490 e. The number of ketones is 1. The molecule has 1 aliphatic carbocycles. The number of carboxylic acid groups (broad SMARTS) is 1. The van der Waals surface area contributed by atoms with Crippen molar-refractivity contribution < 1.29 is 24.2 Å². The van der Waals surface area contributed by atoms with Gasteiger partial charge in [-0.15, -0.1) is 11.3 Å². The second kappa shape index (κ2) is 12.0. The molecule has 0 spiro atoms. The number of thiazole rings is 1. The molecule has 2 unspecified atom stereocenters. The van der Waals surface area contributed by atoms with Gasteiger partial charge in [-0.05, 0) is 64.2 Å². The van der Waals surface area contributed by atoms with Gasteiger partial charge in [-0.3, -0.25) is 4.79 Å². The van der Waals surface area contributed by atoms with Gasteiger partial charge in [0.15, 0.2) is 6.10 Å². The maximum absolute atomic E-state index is 13.6. The van der Waals surface area contributed by atoms with Crippen molar-refractivity contribution in [3.05, 3.63) is 70.2 Å². The second-order valence-electron chi connectivity index (χ2n) is 9.74. The number of aryl methyl sites for hydroxylation is 1. The minimum absolute atomic E-state index is 0.0774. The molecule has 8 heteroatoms. The van der Waals surface area contributed by atoms with Crippen LogP contribution in [-0.2, 0) is 16.0 Å².